The average molecular weight is 225 g/mol. The molecule has 15 heavy (non-hydrogen) atoms. The Morgan fingerprint density at radius 3 is 3.27 bits per heavy atom. The van der Waals surface area contributed by atoms with E-state index in [0.29, 0.717) is 13.2 Å². The van der Waals surface area contributed by atoms with E-state index in [4.69, 9.17) is 4.74 Å². The van der Waals surface area contributed by atoms with E-state index < -0.39 is 0 Å². The highest BCUT2D eigenvalue weighted by atomic mass is 32.1. The number of nitrogens with one attached hydrogen (secondary N) is 1. The minimum absolute atomic E-state index is 0.362. The summed E-state index contributed by atoms with van der Waals surface area (Å²) in [5.41, 5.74) is 2.37. The van der Waals surface area contributed by atoms with Gasteiger partial charge in [0.05, 0.1) is 12.7 Å². The Morgan fingerprint density at radius 2 is 2.53 bits per heavy atom. The zero-order valence-electron chi connectivity index (χ0n) is 8.69. The zero-order valence-corrected chi connectivity index (χ0v) is 9.51. The number of rotatable bonds is 3. The molecule has 2 N–H and O–H groups in total. The predicted octanol–water partition coefficient (Wildman–Crippen LogP) is 1.24. The van der Waals surface area contributed by atoms with Gasteiger partial charge >= 0.3 is 0 Å². The molecule has 0 spiro atoms. The molecular weight excluding hydrogens is 210 g/mol. The van der Waals surface area contributed by atoms with Crippen molar-refractivity contribution in [1.29, 1.82) is 0 Å². The number of aliphatic hydroxyl groups excluding tert-OH is 1. The highest BCUT2D eigenvalue weighted by Crippen LogP contribution is 2.23. The number of hydrogen-bond acceptors (Lipinski definition) is 4. The van der Waals surface area contributed by atoms with Crippen molar-refractivity contribution < 1.29 is 9.84 Å². The van der Waals surface area contributed by atoms with Crippen LogP contribution in [0.3, 0.4) is 0 Å². The van der Waals surface area contributed by atoms with Crippen molar-refractivity contribution in [2.24, 2.45) is 0 Å². The molecule has 0 amide bonds. The molecule has 0 saturated carbocycles. The first-order valence-corrected chi connectivity index (χ1v) is 5.84. The molecule has 1 aliphatic heterocycles. The normalized spacial score (nSPS) is 21.5. The fraction of sp³-hybridized carbons (Fsp3) is 0.455. The van der Waals surface area contributed by atoms with Crippen LogP contribution < -0.4 is 5.32 Å². The molecule has 0 bridgehead atoms. The number of β-amino-alcohol motifs (C(OH)–C–C–N with tert-alkyl or cyclic N) is 1. The highest BCUT2D eigenvalue weighted by Gasteiger charge is 2.12. The lowest BCUT2D eigenvalue weighted by molar-refractivity contribution is 0.187. The van der Waals surface area contributed by atoms with Gasteiger partial charge in [-0.15, -0.1) is 11.3 Å². The summed E-state index contributed by atoms with van der Waals surface area (Å²) in [6.45, 7) is 2.15. The molecule has 3 nitrogen and oxygen atoms in total. The van der Waals surface area contributed by atoms with Crippen LogP contribution >= 0.6 is 11.3 Å². The molecule has 1 aromatic heterocycles. The maximum atomic E-state index is 9.49. The standard InChI is InChI=1S/C11H15NO2S/c1-14-6-11-3-9(7-15-11)8-2-10(13)5-12-4-8/h2-3,7,10,12-13H,4-6H2,1H3. The second kappa shape index (κ2) is 4.90. The van der Waals surface area contributed by atoms with Gasteiger partial charge in [0.15, 0.2) is 0 Å². The lowest BCUT2D eigenvalue weighted by Gasteiger charge is -2.17. The van der Waals surface area contributed by atoms with E-state index in [2.05, 4.69) is 16.8 Å². The third kappa shape index (κ3) is 2.66. The summed E-state index contributed by atoms with van der Waals surface area (Å²) in [5.74, 6) is 0. The third-order valence-electron chi connectivity index (χ3n) is 2.37. The van der Waals surface area contributed by atoms with E-state index in [0.717, 1.165) is 6.54 Å². The van der Waals surface area contributed by atoms with Crippen LogP contribution in [0.2, 0.25) is 0 Å². The second-order valence-electron chi connectivity index (χ2n) is 3.62. The van der Waals surface area contributed by atoms with Crippen LogP contribution in [-0.4, -0.2) is 31.4 Å². The van der Waals surface area contributed by atoms with Crippen LogP contribution in [0.4, 0.5) is 0 Å². The Hall–Kier alpha value is -0.680. The van der Waals surface area contributed by atoms with Gasteiger partial charge in [-0.1, -0.05) is 0 Å². The number of hydrogen-bond donors (Lipinski definition) is 2. The summed E-state index contributed by atoms with van der Waals surface area (Å²) in [6, 6.07) is 2.12. The smallest absolute Gasteiger partial charge is 0.0851 e. The van der Waals surface area contributed by atoms with E-state index in [-0.39, 0.29) is 6.10 Å². The van der Waals surface area contributed by atoms with Gasteiger partial charge in [0.2, 0.25) is 0 Å². The van der Waals surface area contributed by atoms with Crippen LogP contribution in [0.1, 0.15) is 10.4 Å². The van der Waals surface area contributed by atoms with Crippen LogP contribution in [-0.2, 0) is 11.3 Å². The largest absolute Gasteiger partial charge is 0.388 e. The summed E-state index contributed by atoms with van der Waals surface area (Å²) >= 11 is 1.69. The third-order valence-corrected chi connectivity index (χ3v) is 3.28. The summed E-state index contributed by atoms with van der Waals surface area (Å²) in [7, 11) is 1.70. The first-order chi connectivity index (χ1) is 7.29. The SMILES string of the molecule is COCc1cc(C2=CC(O)CNC2)cs1. The number of aliphatic hydroxyl groups is 1. The lowest BCUT2D eigenvalue weighted by Crippen LogP contribution is -2.31. The fourth-order valence-electron chi connectivity index (χ4n) is 1.67. The number of ether oxygens (including phenoxy) is 1. The van der Waals surface area contributed by atoms with Gasteiger partial charge in [0.1, 0.15) is 0 Å². The monoisotopic (exact) mass is 225 g/mol. The van der Waals surface area contributed by atoms with Crippen molar-refractivity contribution in [2.45, 2.75) is 12.7 Å². The van der Waals surface area contributed by atoms with Gasteiger partial charge in [-0.2, -0.15) is 0 Å². The van der Waals surface area contributed by atoms with Crippen molar-refractivity contribution in [2.75, 3.05) is 20.2 Å². The lowest BCUT2D eigenvalue weighted by atomic mass is 10.0. The van der Waals surface area contributed by atoms with Gasteiger partial charge in [0.25, 0.3) is 0 Å². The predicted molar refractivity (Wildman–Crippen MR) is 61.9 cm³/mol. The molecule has 0 radical (unpaired) electrons. The van der Waals surface area contributed by atoms with Crippen molar-refractivity contribution >= 4 is 16.9 Å². The summed E-state index contributed by atoms with van der Waals surface area (Å²) in [4.78, 5) is 1.22. The quantitative estimate of drug-likeness (QED) is 0.813. The van der Waals surface area contributed by atoms with Gasteiger partial charge in [-0.05, 0) is 28.7 Å². The number of thiophene rings is 1. The van der Waals surface area contributed by atoms with Crippen molar-refractivity contribution in [3.8, 4) is 0 Å². The Labute approximate surface area is 93.4 Å². The van der Waals surface area contributed by atoms with Crippen LogP contribution in [0.5, 0.6) is 0 Å². The van der Waals surface area contributed by atoms with Crippen LogP contribution in [0.25, 0.3) is 5.57 Å². The molecule has 0 saturated heterocycles. The minimum Gasteiger partial charge on any atom is -0.388 e. The molecule has 2 heterocycles. The van der Waals surface area contributed by atoms with Crippen molar-refractivity contribution in [3.05, 3.63) is 28.0 Å². The number of methoxy groups -OCH3 is 1. The Balaban J connectivity index is 2.14. The summed E-state index contributed by atoms with van der Waals surface area (Å²) in [5, 5.41) is 14.8. The fourth-order valence-corrected chi connectivity index (χ4v) is 2.55. The molecule has 0 fully saturated rings. The summed E-state index contributed by atoms with van der Waals surface area (Å²) in [6.07, 6.45) is 1.56. The van der Waals surface area contributed by atoms with E-state index in [1.807, 2.05) is 6.08 Å². The Bertz CT molecular complexity index is 359. The molecule has 1 atom stereocenters. The van der Waals surface area contributed by atoms with E-state index >= 15 is 0 Å². The maximum Gasteiger partial charge on any atom is 0.0851 e. The zero-order chi connectivity index (χ0) is 10.7. The molecule has 1 aromatic rings. The van der Waals surface area contributed by atoms with Gasteiger partial charge in [-0.25, -0.2) is 0 Å². The Morgan fingerprint density at radius 1 is 1.67 bits per heavy atom. The molecule has 1 aliphatic rings. The van der Waals surface area contributed by atoms with Crippen LogP contribution in [0.15, 0.2) is 17.5 Å². The topological polar surface area (TPSA) is 41.5 Å². The molecule has 1 unspecified atom stereocenters. The van der Waals surface area contributed by atoms with Crippen LogP contribution in [0, 0.1) is 0 Å². The molecule has 2 rings (SSSR count). The Kier molecular flexibility index (Phi) is 3.53. The van der Waals surface area contributed by atoms with Crippen molar-refractivity contribution in [1.82, 2.24) is 5.32 Å². The molecule has 4 heteroatoms. The van der Waals surface area contributed by atoms with Gasteiger partial charge in [0, 0.05) is 25.1 Å². The molecule has 0 aromatic carbocycles. The first-order valence-electron chi connectivity index (χ1n) is 4.96. The summed E-state index contributed by atoms with van der Waals surface area (Å²) < 4.78 is 5.08. The van der Waals surface area contributed by atoms with Gasteiger partial charge < -0.3 is 15.2 Å². The highest BCUT2D eigenvalue weighted by molar-refractivity contribution is 7.10. The van der Waals surface area contributed by atoms with Crippen molar-refractivity contribution in [3.63, 3.8) is 0 Å². The average Bonchev–Trinajstić information content (AvgIpc) is 2.67. The second-order valence-corrected chi connectivity index (χ2v) is 4.62. The molecule has 82 valence electrons. The van der Waals surface area contributed by atoms with E-state index in [1.54, 1.807) is 18.4 Å². The van der Waals surface area contributed by atoms with E-state index in [9.17, 15) is 5.11 Å². The first kappa shape index (κ1) is 10.8. The molecular formula is C11H15NO2S. The molecule has 0 aliphatic carbocycles. The van der Waals surface area contributed by atoms with Gasteiger partial charge in [-0.3, -0.25) is 0 Å². The maximum absolute atomic E-state index is 9.49. The van der Waals surface area contributed by atoms with E-state index in [1.165, 1.54) is 16.0 Å². The minimum atomic E-state index is -0.362.